The molecular weight excluding hydrogens is 182 g/mol. The number of rotatable bonds is 5. The van der Waals surface area contributed by atoms with Gasteiger partial charge in [0.05, 0.1) is 5.02 Å². The highest BCUT2D eigenvalue weighted by atomic mass is 35.5. The van der Waals surface area contributed by atoms with Gasteiger partial charge in [-0.2, -0.15) is 0 Å². The van der Waals surface area contributed by atoms with Crippen LogP contribution < -0.4 is 5.32 Å². The third kappa shape index (κ3) is 4.18. The van der Waals surface area contributed by atoms with Gasteiger partial charge in [0, 0.05) is 18.3 Å². The van der Waals surface area contributed by atoms with Gasteiger partial charge in [0.25, 0.3) is 0 Å². The number of anilines is 1. The molecule has 71 valence electrons. The highest BCUT2D eigenvalue weighted by Gasteiger charge is 1.92. The van der Waals surface area contributed by atoms with E-state index in [1.807, 2.05) is 18.2 Å². The number of hydrogen-bond acceptors (Lipinski definition) is 1. The van der Waals surface area contributed by atoms with Crippen LogP contribution >= 0.6 is 11.6 Å². The van der Waals surface area contributed by atoms with E-state index < -0.39 is 0 Å². The van der Waals surface area contributed by atoms with Crippen LogP contribution in [-0.4, -0.2) is 6.54 Å². The predicted octanol–water partition coefficient (Wildman–Crippen LogP) is 3.74. The second kappa shape index (κ2) is 5.87. The second-order valence-corrected chi connectivity index (χ2v) is 3.47. The van der Waals surface area contributed by atoms with Crippen molar-refractivity contribution in [2.75, 3.05) is 11.9 Å². The highest BCUT2D eigenvalue weighted by molar-refractivity contribution is 6.30. The zero-order valence-corrected chi connectivity index (χ0v) is 8.69. The number of halogens is 1. The smallest absolute Gasteiger partial charge is 0.0505 e. The van der Waals surface area contributed by atoms with Crippen LogP contribution in [0, 0.1) is 6.07 Å². The van der Waals surface area contributed by atoms with E-state index in [1.54, 1.807) is 0 Å². The van der Waals surface area contributed by atoms with E-state index in [0.29, 0.717) is 5.02 Å². The Morgan fingerprint density at radius 2 is 2.31 bits per heavy atom. The number of unbranched alkanes of at least 4 members (excludes halogenated alkanes) is 2. The van der Waals surface area contributed by atoms with E-state index in [1.165, 1.54) is 19.3 Å². The summed E-state index contributed by atoms with van der Waals surface area (Å²) in [5.41, 5.74) is 1.08. The van der Waals surface area contributed by atoms with Gasteiger partial charge in [-0.05, 0) is 18.6 Å². The Morgan fingerprint density at radius 1 is 1.46 bits per heavy atom. The molecule has 0 aliphatic heterocycles. The average molecular weight is 197 g/mol. The summed E-state index contributed by atoms with van der Waals surface area (Å²) in [6.45, 7) is 3.22. The van der Waals surface area contributed by atoms with Gasteiger partial charge in [-0.15, -0.1) is 0 Å². The molecule has 1 radical (unpaired) electrons. The zero-order valence-electron chi connectivity index (χ0n) is 7.94. The molecule has 1 nitrogen and oxygen atoms in total. The summed E-state index contributed by atoms with van der Waals surface area (Å²) in [7, 11) is 0. The van der Waals surface area contributed by atoms with Crippen LogP contribution in [0.1, 0.15) is 26.2 Å². The second-order valence-electron chi connectivity index (χ2n) is 3.06. The molecule has 0 atom stereocenters. The first kappa shape index (κ1) is 10.4. The Hall–Kier alpha value is -0.690. The fourth-order valence-electron chi connectivity index (χ4n) is 1.16. The molecule has 1 rings (SSSR count). The highest BCUT2D eigenvalue weighted by Crippen LogP contribution is 2.14. The maximum absolute atomic E-state index is 5.79. The minimum Gasteiger partial charge on any atom is -0.385 e. The van der Waals surface area contributed by atoms with Crippen LogP contribution in [0.25, 0.3) is 0 Å². The monoisotopic (exact) mass is 196 g/mol. The van der Waals surface area contributed by atoms with Crippen molar-refractivity contribution < 1.29 is 0 Å². The maximum atomic E-state index is 5.79. The third-order valence-electron chi connectivity index (χ3n) is 1.88. The quantitative estimate of drug-likeness (QED) is 0.708. The Kier molecular flexibility index (Phi) is 4.69. The van der Waals surface area contributed by atoms with Crippen molar-refractivity contribution in [3.8, 4) is 0 Å². The van der Waals surface area contributed by atoms with Gasteiger partial charge < -0.3 is 5.32 Å². The van der Waals surface area contributed by atoms with Crippen LogP contribution in [0.3, 0.4) is 0 Å². The normalized spacial score (nSPS) is 10.0. The Balaban J connectivity index is 2.28. The molecule has 0 saturated carbocycles. The van der Waals surface area contributed by atoms with Gasteiger partial charge in [-0.3, -0.25) is 0 Å². The molecule has 0 bridgehead atoms. The molecule has 0 saturated heterocycles. The molecule has 0 fully saturated rings. The van der Waals surface area contributed by atoms with Crippen LogP contribution in [0.2, 0.25) is 5.02 Å². The third-order valence-corrected chi connectivity index (χ3v) is 2.09. The molecule has 1 aromatic rings. The largest absolute Gasteiger partial charge is 0.385 e. The lowest BCUT2D eigenvalue weighted by atomic mass is 10.2. The summed E-state index contributed by atoms with van der Waals surface area (Å²) in [4.78, 5) is 0. The van der Waals surface area contributed by atoms with Crippen molar-refractivity contribution >= 4 is 17.3 Å². The lowest BCUT2D eigenvalue weighted by molar-refractivity contribution is 0.744. The van der Waals surface area contributed by atoms with E-state index in [4.69, 9.17) is 11.6 Å². The van der Waals surface area contributed by atoms with E-state index in [9.17, 15) is 0 Å². The van der Waals surface area contributed by atoms with Crippen LogP contribution in [-0.2, 0) is 0 Å². The Bertz CT molecular complexity index is 248. The number of nitrogens with one attached hydrogen (secondary N) is 1. The summed E-state index contributed by atoms with van der Waals surface area (Å²) >= 11 is 5.79. The maximum Gasteiger partial charge on any atom is 0.0505 e. The van der Waals surface area contributed by atoms with Gasteiger partial charge in [-0.25, -0.2) is 0 Å². The fourth-order valence-corrected chi connectivity index (χ4v) is 1.34. The number of benzene rings is 1. The fraction of sp³-hybridized carbons (Fsp3) is 0.455. The van der Waals surface area contributed by atoms with Crippen molar-refractivity contribution in [1.29, 1.82) is 0 Å². The first-order valence-corrected chi connectivity index (χ1v) is 5.12. The lowest BCUT2D eigenvalue weighted by Crippen LogP contribution is -2.00. The molecule has 0 aromatic heterocycles. The van der Waals surface area contributed by atoms with Crippen molar-refractivity contribution in [2.24, 2.45) is 0 Å². The molecule has 0 aliphatic carbocycles. The number of hydrogen-bond donors (Lipinski definition) is 1. The average Bonchev–Trinajstić information content (AvgIpc) is 2.13. The molecule has 1 aromatic carbocycles. The summed E-state index contributed by atoms with van der Waals surface area (Å²) in [6, 6.07) is 8.62. The van der Waals surface area contributed by atoms with Gasteiger partial charge in [0.15, 0.2) is 0 Å². The molecular formula is C11H15ClN. The van der Waals surface area contributed by atoms with Crippen molar-refractivity contribution in [2.45, 2.75) is 26.2 Å². The van der Waals surface area contributed by atoms with E-state index in [0.717, 1.165) is 12.2 Å². The molecule has 0 spiro atoms. The van der Waals surface area contributed by atoms with Gasteiger partial charge in [-0.1, -0.05) is 37.4 Å². The van der Waals surface area contributed by atoms with Crippen LogP contribution in [0.5, 0.6) is 0 Å². The summed E-state index contributed by atoms with van der Waals surface area (Å²) in [6.07, 6.45) is 3.75. The molecule has 1 N–H and O–H groups in total. The van der Waals surface area contributed by atoms with Crippen molar-refractivity contribution in [1.82, 2.24) is 0 Å². The van der Waals surface area contributed by atoms with Gasteiger partial charge in [0.2, 0.25) is 0 Å². The topological polar surface area (TPSA) is 12.0 Å². The minimum atomic E-state index is 0.667. The molecule has 13 heavy (non-hydrogen) atoms. The van der Waals surface area contributed by atoms with Crippen LogP contribution in [0.4, 0.5) is 5.69 Å². The van der Waals surface area contributed by atoms with E-state index in [2.05, 4.69) is 18.3 Å². The van der Waals surface area contributed by atoms with Gasteiger partial charge in [0.1, 0.15) is 0 Å². The first-order valence-electron chi connectivity index (χ1n) is 4.74. The standard InChI is InChI=1S/C11H15ClN/c1-2-3-4-8-13-11-7-5-6-10(12)9-11/h5,7,9,13H,2-4,8H2,1H3. The van der Waals surface area contributed by atoms with E-state index in [-0.39, 0.29) is 0 Å². The molecule has 2 heteroatoms. The van der Waals surface area contributed by atoms with Crippen LogP contribution in [0.15, 0.2) is 18.2 Å². The summed E-state index contributed by atoms with van der Waals surface area (Å²) < 4.78 is 0. The zero-order chi connectivity index (χ0) is 9.52. The summed E-state index contributed by atoms with van der Waals surface area (Å²) in [5, 5.41) is 3.98. The Morgan fingerprint density at radius 3 is 3.00 bits per heavy atom. The first-order chi connectivity index (χ1) is 6.33. The van der Waals surface area contributed by atoms with E-state index >= 15 is 0 Å². The molecule has 0 unspecified atom stereocenters. The Labute approximate surface area is 85.1 Å². The predicted molar refractivity (Wildman–Crippen MR) is 58.3 cm³/mol. The van der Waals surface area contributed by atoms with Crippen molar-refractivity contribution in [3.05, 3.63) is 29.3 Å². The summed E-state index contributed by atoms with van der Waals surface area (Å²) in [5.74, 6) is 0. The lowest BCUT2D eigenvalue weighted by Gasteiger charge is -2.05. The van der Waals surface area contributed by atoms with Gasteiger partial charge >= 0.3 is 0 Å². The molecule has 0 heterocycles. The molecule has 0 amide bonds. The minimum absolute atomic E-state index is 0.667. The van der Waals surface area contributed by atoms with Crippen molar-refractivity contribution in [3.63, 3.8) is 0 Å². The SMILES string of the molecule is CCCCCNc1cc[c]c(Cl)c1. The molecule has 0 aliphatic rings.